The Kier molecular flexibility index (Phi) is 3.81. The lowest BCUT2D eigenvalue weighted by Crippen LogP contribution is -2.41. The van der Waals surface area contributed by atoms with Crippen LogP contribution in [-0.2, 0) is 9.31 Å². The number of aryl methyl sites for hydroxylation is 1. The fourth-order valence-corrected chi connectivity index (χ4v) is 2.60. The normalized spacial score (nSPS) is 19.1. The Morgan fingerprint density at radius 3 is 2.22 bits per heavy atom. The van der Waals surface area contributed by atoms with Gasteiger partial charge in [0, 0.05) is 17.5 Å². The molecule has 120 valence electrons. The van der Waals surface area contributed by atoms with Crippen molar-refractivity contribution in [3.63, 3.8) is 0 Å². The molecule has 1 aromatic carbocycles. The van der Waals surface area contributed by atoms with Crippen LogP contribution < -0.4 is 5.46 Å². The maximum absolute atomic E-state index is 14.6. The Morgan fingerprint density at radius 2 is 1.65 bits per heavy atom. The molecule has 3 rings (SSSR count). The van der Waals surface area contributed by atoms with Gasteiger partial charge in [-0.3, -0.25) is 4.98 Å². The third kappa shape index (κ3) is 2.91. The minimum atomic E-state index is -0.553. The molecule has 0 radical (unpaired) electrons. The Labute approximate surface area is 137 Å². The summed E-state index contributed by atoms with van der Waals surface area (Å²) in [6.45, 7) is 9.82. The van der Waals surface area contributed by atoms with Crippen LogP contribution in [0.2, 0.25) is 0 Å². The highest BCUT2D eigenvalue weighted by Crippen LogP contribution is 2.36. The summed E-state index contributed by atoms with van der Waals surface area (Å²) in [4.78, 5) is 4.15. The van der Waals surface area contributed by atoms with Gasteiger partial charge in [-0.2, -0.15) is 0 Å². The zero-order valence-corrected chi connectivity index (χ0v) is 14.2. The molecule has 1 aliphatic rings. The van der Waals surface area contributed by atoms with Gasteiger partial charge < -0.3 is 9.31 Å². The predicted molar refractivity (Wildman–Crippen MR) is 90.1 cm³/mol. The highest BCUT2D eigenvalue weighted by atomic mass is 19.1. The van der Waals surface area contributed by atoms with Crippen LogP contribution in [0.5, 0.6) is 0 Å². The molecule has 0 bridgehead atoms. The van der Waals surface area contributed by atoms with Gasteiger partial charge in [-0.15, -0.1) is 0 Å². The minimum Gasteiger partial charge on any atom is -0.399 e. The van der Waals surface area contributed by atoms with E-state index in [4.69, 9.17) is 9.31 Å². The van der Waals surface area contributed by atoms with E-state index in [0.717, 1.165) is 11.3 Å². The largest absolute Gasteiger partial charge is 0.494 e. The molecular formula is C18H21BFNO2. The van der Waals surface area contributed by atoms with Crippen molar-refractivity contribution in [1.29, 1.82) is 0 Å². The van der Waals surface area contributed by atoms with E-state index in [1.807, 2.05) is 46.8 Å². The average molecular weight is 313 g/mol. The third-order valence-corrected chi connectivity index (χ3v) is 4.73. The standard InChI is InChI=1S/C18H21BFNO2/c1-12-10-13(8-9-21-12)15-7-6-14(11-16(15)20)19-22-17(2,3)18(4,5)23-19/h6-11H,1-5H3. The van der Waals surface area contributed by atoms with Gasteiger partial charge in [-0.1, -0.05) is 12.1 Å². The molecule has 2 aromatic rings. The van der Waals surface area contributed by atoms with Crippen LogP contribution >= 0.6 is 0 Å². The summed E-state index contributed by atoms with van der Waals surface area (Å²) in [5, 5.41) is 0. The number of benzene rings is 1. The molecule has 0 spiro atoms. The molecule has 23 heavy (non-hydrogen) atoms. The molecule has 1 aromatic heterocycles. The number of pyridine rings is 1. The van der Waals surface area contributed by atoms with Crippen LogP contribution in [0.1, 0.15) is 33.4 Å². The molecule has 2 heterocycles. The van der Waals surface area contributed by atoms with Crippen molar-refractivity contribution in [3.05, 3.63) is 48.0 Å². The van der Waals surface area contributed by atoms with Crippen LogP contribution in [-0.4, -0.2) is 23.3 Å². The second kappa shape index (κ2) is 5.43. The van der Waals surface area contributed by atoms with Crippen molar-refractivity contribution in [2.75, 3.05) is 0 Å². The van der Waals surface area contributed by atoms with Crippen molar-refractivity contribution in [2.45, 2.75) is 45.8 Å². The van der Waals surface area contributed by atoms with Gasteiger partial charge >= 0.3 is 7.12 Å². The van der Waals surface area contributed by atoms with E-state index in [1.165, 1.54) is 6.07 Å². The molecule has 0 unspecified atom stereocenters. The van der Waals surface area contributed by atoms with Gasteiger partial charge in [0.15, 0.2) is 0 Å². The first-order chi connectivity index (χ1) is 10.7. The summed E-state index contributed by atoms with van der Waals surface area (Å²) in [5.41, 5.74) is 2.04. The van der Waals surface area contributed by atoms with Crippen molar-refractivity contribution in [2.24, 2.45) is 0 Å². The van der Waals surface area contributed by atoms with Gasteiger partial charge in [0.05, 0.1) is 11.2 Å². The molecule has 0 saturated carbocycles. The first-order valence-corrected chi connectivity index (χ1v) is 7.78. The van der Waals surface area contributed by atoms with Gasteiger partial charge in [0.1, 0.15) is 5.82 Å². The highest BCUT2D eigenvalue weighted by Gasteiger charge is 2.51. The fourth-order valence-electron chi connectivity index (χ4n) is 2.60. The van der Waals surface area contributed by atoms with Gasteiger partial charge in [0.2, 0.25) is 0 Å². The van der Waals surface area contributed by atoms with Crippen LogP contribution in [0.25, 0.3) is 11.1 Å². The molecule has 1 fully saturated rings. The molecule has 0 N–H and O–H groups in total. The second-order valence-corrected chi connectivity index (χ2v) is 7.01. The quantitative estimate of drug-likeness (QED) is 0.795. The lowest BCUT2D eigenvalue weighted by atomic mass is 9.78. The first kappa shape index (κ1) is 16.2. The average Bonchev–Trinajstić information content (AvgIpc) is 2.67. The van der Waals surface area contributed by atoms with Crippen molar-refractivity contribution in [1.82, 2.24) is 4.98 Å². The Hall–Kier alpha value is -1.72. The van der Waals surface area contributed by atoms with Crippen LogP contribution in [0.3, 0.4) is 0 Å². The molecule has 0 atom stereocenters. The molecule has 0 aliphatic carbocycles. The summed E-state index contributed by atoms with van der Waals surface area (Å²) < 4.78 is 26.5. The monoisotopic (exact) mass is 313 g/mol. The van der Waals surface area contributed by atoms with Crippen molar-refractivity contribution < 1.29 is 13.7 Å². The smallest absolute Gasteiger partial charge is 0.399 e. The third-order valence-electron chi connectivity index (χ3n) is 4.73. The molecule has 3 nitrogen and oxygen atoms in total. The topological polar surface area (TPSA) is 31.4 Å². The second-order valence-electron chi connectivity index (χ2n) is 7.01. The number of rotatable bonds is 2. The molecule has 5 heteroatoms. The van der Waals surface area contributed by atoms with Crippen molar-refractivity contribution >= 4 is 12.6 Å². The molecular weight excluding hydrogens is 292 g/mol. The zero-order chi connectivity index (χ0) is 16.8. The zero-order valence-electron chi connectivity index (χ0n) is 14.2. The number of aromatic nitrogens is 1. The Bertz CT molecular complexity index is 730. The summed E-state index contributed by atoms with van der Waals surface area (Å²) in [6, 6.07) is 8.79. The van der Waals surface area contributed by atoms with Crippen molar-refractivity contribution in [3.8, 4) is 11.1 Å². The van der Waals surface area contributed by atoms with Gasteiger partial charge in [-0.25, -0.2) is 4.39 Å². The van der Waals surface area contributed by atoms with Gasteiger partial charge in [-0.05, 0) is 63.8 Å². The fraction of sp³-hybridized carbons (Fsp3) is 0.389. The maximum Gasteiger partial charge on any atom is 0.494 e. The van der Waals surface area contributed by atoms with E-state index in [9.17, 15) is 4.39 Å². The molecule has 1 saturated heterocycles. The summed E-state index contributed by atoms with van der Waals surface area (Å²) >= 11 is 0. The van der Waals surface area contributed by atoms with Crippen LogP contribution in [0, 0.1) is 12.7 Å². The highest BCUT2D eigenvalue weighted by molar-refractivity contribution is 6.62. The van der Waals surface area contributed by atoms with Crippen LogP contribution in [0.4, 0.5) is 4.39 Å². The number of halogens is 1. The van der Waals surface area contributed by atoms with E-state index < -0.39 is 18.3 Å². The van der Waals surface area contributed by atoms with Crippen LogP contribution in [0.15, 0.2) is 36.5 Å². The molecule has 1 aliphatic heterocycles. The predicted octanol–water partition coefficient (Wildman–Crippen LogP) is 3.50. The summed E-state index contributed by atoms with van der Waals surface area (Å²) in [5.74, 6) is -0.289. The summed E-state index contributed by atoms with van der Waals surface area (Å²) in [7, 11) is -0.553. The number of hydrogen-bond acceptors (Lipinski definition) is 3. The lowest BCUT2D eigenvalue weighted by Gasteiger charge is -2.32. The van der Waals surface area contributed by atoms with E-state index in [-0.39, 0.29) is 5.82 Å². The number of nitrogens with zero attached hydrogens (tertiary/aromatic N) is 1. The van der Waals surface area contributed by atoms with Gasteiger partial charge in [0.25, 0.3) is 0 Å². The summed E-state index contributed by atoms with van der Waals surface area (Å²) in [6.07, 6.45) is 1.69. The van der Waals surface area contributed by atoms with E-state index in [0.29, 0.717) is 11.0 Å². The Balaban J connectivity index is 1.92. The maximum atomic E-state index is 14.6. The minimum absolute atomic E-state index is 0.289. The van der Waals surface area contributed by atoms with E-state index in [2.05, 4.69) is 4.98 Å². The van der Waals surface area contributed by atoms with E-state index >= 15 is 0 Å². The van der Waals surface area contributed by atoms with E-state index in [1.54, 1.807) is 18.3 Å². The lowest BCUT2D eigenvalue weighted by molar-refractivity contribution is 0.00578. The number of hydrogen-bond donors (Lipinski definition) is 0. The Morgan fingerprint density at radius 1 is 1.00 bits per heavy atom. The molecule has 0 amide bonds. The SMILES string of the molecule is Cc1cc(-c2ccc(B3OC(C)(C)C(C)(C)O3)cc2F)ccn1. The first-order valence-electron chi connectivity index (χ1n) is 7.78.